The van der Waals surface area contributed by atoms with Crippen molar-refractivity contribution in [2.45, 2.75) is 57.1 Å². The molecule has 1 N–H and O–H groups in total. The minimum absolute atomic E-state index is 0.0118. The third-order valence-corrected chi connectivity index (χ3v) is 9.59. The van der Waals surface area contributed by atoms with Crippen molar-refractivity contribution < 1.29 is 22.4 Å². The van der Waals surface area contributed by atoms with E-state index >= 15 is 0 Å². The lowest BCUT2D eigenvalue weighted by molar-refractivity contribution is -0.140. The van der Waals surface area contributed by atoms with Crippen LogP contribution in [0.3, 0.4) is 0 Å². The van der Waals surface area contributed by atoms with Gasteiger partial charge in [0.15, 0.2) is 0 Å². The highest BCUT2D eigenvalue weighted by Gasteiger charge is 2.35. The molecule has 2 amide bonds. The number of rotatable bonds is 13. The first-order chi connectivity index (χ1) is 21.5. The third kappa shape index (κ3) is 8.71. The van der Waals surface area contributed by atoms with Crippen LogP contribution in [0.2, 0.25) is 5.02 Å². The van der Waals surface area contributed by atoms with Gasteiger partial charge in [-0.25, -0.2) is 12.8 Å². The van der Waals surface area contributed by atoms with E-state index in [1.165, 1.54) is 29.2 Å². The summed E-state index contributed by atoms with van der Waals surface area (Å²) in [5.41, 5.74) is 2.60. The smallest absolute Gasteiger partial charge is 0.264 e. The van der Waals surface area contributed by atoms with Crippen molar-refractivity contribution in [3.8, 4) is 0 Å². The molecule has 0 radical (unpaired) electrons. The molecule has 236 valence electrons. The van der Waals surface area contributed by atoms with Gasteiger partial charge in [-0.05, 0) is 61.7 Å². The first kappa shape index (κ1) is 33.7. The van der Waals surface area contributed by atoms with Crippen LogP contribution in [0.1, 0.15) is 37.0 Å². The molecule has 0 aliphatic rings. The van der Waals surface area contributed by atoms with Crippen LogP contribution in [-0.4, -0.2) is 43.8 Å². The summed E-state index contributed by atoms with van der Waals surface area (Å²) in [6.07, 6.45) is 0.887. The lowest BCUT2D eigenvalue weighted by Gasteiger charge is -2.34. The number of nitrogens with zero attached hydrogens (tertiary/aromatic N) is 2. The van der Waals surface area contributed by atoms with Gasteiger partial charge in [0.25, 0.3) is 10.0 Å². The second-order valence-corrected chi connectivity index (χ2v) is 13.2. The number of anilines is 1. The molecule has 0 heterocycles. The number of amides is 2. The zero-order valence-corrected chi connectivity index (χ0v) is 27.1. The van der Waals surface area contributed by atoms with Gasteiger partial charge in [0.2, 0.25) is 11.8 Å². The summed E-state index contributed by atoms with van der Waals surface area (Å²) in [6, 6.07) is 27.0. The van der Waals surface area contributed by atoms with E-state index in [1.807, 2.05) is 75.4 Å². The van der Waals surface area contributed by atoms with Crippen LogP contribution >= 0.6 is 11.6 Å². The first-order valence-electron chi connectivity index (χ1n) is 14.7. The Bertz CT molecular complexity index is 1720. The standard InChI is InChI=1S/C35H37ClFN3O4S/c1-4-26(3)38-35(42)33(21-27-13-7-5-8-14-27)39(23-28-15-11-12-25(2)20-28)34(41)24-40(29-18-19-32(37)31(36)22-29)45(43,44)30-16-9-6-10-17-30/h5-20,22,26,33H,4,21,23-24H2,1-3H3,(H,38,42)/t26-,33+/m1/s1. The van der Waals surface area contributed by atoms with Gasteiger partial charge in [-0.1, -0.05) is 96.9 Å². The molecule has 0 saturated carbocycles. The highest BCUT2D eigenvalue weighted by atomic mass is 35.5. The zero-order chi connectivity index (χ0) is 32.6. The fraction of sp³-hybridized carbons (Fsp3) is 0.257. The van der Waals surface area contributed by atoms with Crippen molar-refractivity contribution in [3.05, 3.63) is 131 Å². The number of carbonyl (C=O) groups is 2. The van der Waals surface area contributed by atoms with Gasteiger partial charge >= 0.3 is 0 Å². The monoisotopic (exact) mass is 649 g/mol. The third-order valence-electron chi connectivity index (χ3n) is 7.51. The average molecular weight is 650 g/mol. The zero-order valence-electron chi connectivity index (χ0n) is 25.5. The van der Waals surface area contributed by atoms with E-state index in [9.17, 15) is 22.4 Å². The van der Waals surface area contributed by atoms with Crippen molar-refractivity contribution in [3.63, 3.8) is 0 Å². The van der Waals surface area contributed by atoms with Crippen LogP contribution in [-0.2, 0) is 32.6 Å². The Morgan fingerprint density at radius 2 is 1.53 bits per heavy atom. The number of benzene rings is 4. The summed E-state index contributed by atoms with van der Waals surface area (Å²) in [7, 11) is -4.32. The Morgan fingerprint density at radius 3 is 2.16 bits per heavy atom. The summed E-state index contributed by atoms with van der Waals surface area (Å²) in [5.74, 6) is -1.69. The number of hydrogen-bond acceptors (Lipinski definition) is 4. The van der Waals surface area contributed by atoms with Gasteiger partial charge in [-0.15, -0.1) is 0 Å². The first-order valence-corrected chi connectivity index (χ1v) is 16.5. The maximum absolute atomic E-state index is 14.5. The maximum Gasteiger partial charge on any atom is 0.264 e. The molecule has 45 heavy (non-hydrogen) atoms. The summed E-state index contributed by atoms with van der Waals surface area (Å²) in [5, 5.41) is 2.72. The van der Waals surface area contributed by atoms with Gasteiger partial charge in [-0.3, -0.25) is 13.9 Å². The molecule has 4 aromatic carbocycles. The van der Waals surface area contributed by atoms with Crippen LogP contribution in [0.15, 0.2) is 108 Å². The van der Waals surface area contributed by atoms with Crippen LogP contribution in [0.4, 0.5) is 10.1 Å². The van der Waals surface area contributed by atoms with Crippen molar-refractivity contribution in [2.24, 2.45) is 0 Å². The summed E-state index contributed by atoms with van der Waals surface area (Å²) in [6.45, 7) is 5.16. The second-order valence-electron chi connectivity index (χ2n) is 11.0. The van der Waals surface area contributed by atoms with E-state index in [0.717, 1.165) is 27.1 Å². The van der Waals surface area contributed by atoms with E-state index in [1.54, 1.807) is 18.2 Å². The molecule has 0 aromatic heterocycles. The van der Waals surface area contributed by atoms with Gasteiger partial charge in [0.05, 0.1) is 15.6 Å². The molecule has 10 heteroatoms. The molecule has 0 aliphatic heterocycles. The maximum atomic E-state index is 14.5. The van der Waals surface area contributed by atoms with E-state index in [2.05, 4.69) is 5.32 Å². The minimum atomic E-state index is -4.32. The summed E-state index contributed by atoms with van der Waals surface area (Å²) in [4.78, 5) is 29.7. The van der Waals surface area contributed by atoms with Crippen molar-refractivity contribution in [1.82, 2.24) is 10.2 Å². The molecule has 0 fully saturated rings. The van der Waals surface area contributed by atoms with Crippen LogP contribution in [0, 0.1) is 12.7 Å². The van der Waals surface area contributed by atoms with E-state index < -0.39 is 34.3 Å². The summed E-state index contributed by atoms with van der Waals surface area (Å²) < 4.78 is 43.1. The molecule has 0 aliphatic carbocycles. The molecule has 0 bridgehead atoms. The van der Waals surface area contributed by atoms with Gasteiger partial charge in [-0.2, -0.15) is 0 Å². The minimum Gasteiger partial charge on any atom is -0.352 e. The number of halogens is 2. The topological polar surface area (TPSA) is 86.8 Å². The molecular formula is C35H37ClFN3O4S. The van der Waals surface area contributed by atoms with Crippen molar-refractivity contribution in [1.29, 1.82) is 0 Å². The van der Waals surface area contributed by atoms with Crippen LogP contribution in [0.25, 0.3) is 0 Å². The number of carbonyl (C=O) groups excluding carboxylic acids is 2. The fourth-order valence-corrected chi connectivity index (χ4v) is 6.49. The Kier molecular flexibility index (Phi) is 11.4. The van der Waals surface area contributed by atoms with E-state index in [4.69, 9.17) is 11.6 Å². The number of hydrogen-bond donors (Lipinski definition) is 1. The quantitative estimate of drug-likeness (QED) is 0.178. The lowest BCUT2D eigenvalue weighted by Crippen LogP contribution is -2.54. The Labute approximate surface area is 269 Å². The average Bonchev–Trinajstić information content (AvgIpc) is 3.03. The largest absolute Gasteiger partial charge is 0.352 e. The van der Waals surface area contributed by atoms with E-state index in [-0.39, 0.29) is 40.5 Å². The molecule has 4 aromatic rings. The molecule has 4 rings (SSSR count). The fourth-order valence-electron chi connectivity index (χ4n) is 4.89. The second kappa shape index (κ2) is 15.2. The Balaban J connectivity index is 1.82. The molecule has 0 unspecified atom stereocenters. The lowest BCUT2D eigenvalue weighted by atomic mass is 10.0. The Morgan fingerprint density at radius 1 is 0.889 bits per heavy atom. The molecule has 0 saturated heterocycles. The van der Waals surface area contributed by atoms with Gasteiger partial charge in [0, 0.05) is 19.0 Å². The number of sulfonamides is 1. The number of nitrogens with one attached hydrogen (secondary N) is 1. The molecular weight excluding hydrogens is 613 g/mol. The van der Waals surface area contributed by atoms with Crippen LogP contribution < -0.4 is 9.62 Å². The van der Waals surface area contributed by atoms with Gasteiger partial charge < -0.3 is 10.2 Å². The highest BCUT2D eigenvalue weighted by molar-refractivity contribution is 7.92. The molecule has 0 spiro atoms. The molecule has 2 atom stereocenters. The molecule has 7 nitrogen and oxygen atoms in total. The van der Waals surface area contributed by atoms with E-state index in [0.29, 0.717) is 6.42 Å². The van der Waals surface area contributed by atoms with Crippen molar-refractivity contribution in [2.75, 3.05) is 10.8 Å². The summed E-state index contributed by atoms with van der Waals surface area (Å²) >= 11 is 6.07. The van der Waals surface area contributed by atoms with Gasteiger partial charge in [0.1, 0.15) is 18.4 Å². The van der Waals surface area contributed by atoms with Crippen LogP contribution in [0.5, 0.6) is 0 Å². The Hall–Kier alpha value is -4.21. The SMILES string of the molecule is CC[C@@H](C)NC(=O)[C@H](Cc1ccccc1)N(Cc1cccc(C)c1)C(=O)CN(c1ccc(F)c(Cl)c1)S(=O)(=O)c1ccccc1. The van der Waals surface area contributed by atoms with Crippen molar-refractivity contribution >= 4 is 39.1 Å². The predicted octanol–water partition coefficient (Wildman–Crippen LogP) is 6.54. The number of aryl methyl sites for hydroxylation is 1. The predicted molar refractivity (Wildman–Crippen MR) is 176 cm³/mol. The normalized spacial score (nSPS) is 12.6. The highest BCUT2D eigenvalue weighted by Crippen LogP contribution is 2.28.